The number of aromatic nitrogens is 2. The topological polar surface area (TPSA) is 65.6 Å². The van der Waals surface area contributed by atoms with Crippen LogP contribution in [0, 0.1) is 0 Å². The average molecular weight is 672 g/mol. The van der Waals surface area contributed by atoms with Crippen LogP contribution in [-0.2, 0) is 16.1 Å². The van der Waals surface area contributed by atoms with Crippen LogP contribution in [0.3, 0.4) is 0 Å². The predicted octanol–water partition coefficient (Wildman–Crippen LogP) is 7.72. The van der Waals surface area contributed by atoms with Crippen molar-refractivity contribution in [1.82, 2.24) is 9.13 Å². The number of carbonyl (C=O) groups excluding carboxylic acids is 1. The zero-order valence-corrected chi connectivity index (χ0v) is 28.5. The van der Waals surface area contributed by atoms with Gasteiger partial charge in [-0.2, -0.15) is 0 Å². The molecule has 4 aromatic carbocycles. The molecule has 6 aromatic rings. The highest BCUT2D eigenvalue weighted by molar-refractivity contribution is 7.07. The van der Waals surface area contributed by atoms with Crippen molar-refractivity contribution in [2.75, 3.05) is 6.61 Å². The lowest BCUT2D eigenvalue weighted by Gasteiger charge is -2.26. The molecule has 0 N–H and O–H groups in total. The molecule has 0 fully saturated rings. The van der Waals surface area contributed by atoms with Crippen LogP contribution in [0.1, 0.15) is 60.5 Å². The summed E-state index contributed by atoms with van der Waals surface area (Å²) >= 11 is 7.62. The van der Waals surface area contributed by atoms with E-state index in [4.69, 9.17) is 21.3 Å². The van der Waals surface area contributed by atoms with Gasteiger partial charge in [-0.3, -0.25) is 9.36 Å². The second-order valence-electron chi connectivity index (χ2n) is 12.1. The molecule has 2 aromatic heterocycles. The maximum atomic E-state index is 14.5. The van der Waals surface area contributed by atoms with E-state index in [1.807, 2.05) is 78.9 Å². The normalized spacial score (nSPS) is 14.8. The fraction of sp³-hybridized carbons (Fsp3) is 0.175. The molecule has 240 valence electrons. The van der Waals surface area contributed by atoms with Gasteiger partial charge in [-0.1, -0.05) is 122 Å². The molecule has 1 aliphatic heterocycles. The van der Waals surface area contributed by atoms with Gasteiger partial charge in [0.15, 0.2) is 4.80 Å². The zero-order valence-electron chi connectivity index (χ0n) is 26.9. The predicted molar refractivity (Wildman–Crippen MR) is 194 cm³/mol. The Balaban J connectivity index is 1.44. The Kier molecular flexibility index (Phi) is 8.73. The zero-order chi connectivity index (χ0) is 33.4. The lowest BCUT2D eigenvalue weighted by atomic mass is 9.91. The van der Waals surface area contributed by atoms with Crippen LogP contribution < -0.4 is 14.9 Å². The van der Waals surface area contributed by atoms with E-state index in [0.717, 1.165) is 33.2 Å². The van der Waals surface area contributed by atoms with Gasteiger partial charge in [0.1, 0.15) is 0 Å². The van der Waals surface area contributed by atoms with Crippen LogP contribution in [0.15, 0.2) is 125 Å². The van der Waals surface area contributed by atoms with Gasteiger partial charge in [-0.25, -0.2) is 9.79 Å². The van der Waals surface area contributed by atoms with E-state index in [0.29, 0.717) is 38.1 Å². The summed E-state index contributed by atoms with van der Waals surface area (Å²) in [5.41, 5.74) is 6.47. The number of hydrogen-bond donors (Lipinski definition) is 0. The van der Waals surface area contributed by atoms with Crippen LogP contribution in [0.2, 0.25) is 5.02 Å². The minimum atomic E-state index is -0.719. The number of halogens is 1. The van der Waals surface area contributed by atoms with Crippen LogP contribution >= 0.6 is 22.9 Å². The van der Waals surface area contributed by atoms with Crippen molar-refractivity contribution in [1.29, 1.82) is 0 Å². The first-order valence-electron chi connectivity index (χ1n) is 16.0. The van der Waals surface area contributed by atoms with E-state index in [-0.39, 0.29) is 12.2 Å². The summed E-state index contributed by atoms with van der Waals surface area (Å²) in [6.07, 6.45) is 4.02. The molecule has 0 radical (unpaired) electrons. The van der Waals surface area contributed by atoms with Crippen molar-refractivity contribution in [3.8, 4) is 0 Å². The van der Waals surface area contributed by atoms with Crippen molar-refractivity contribution in [3.05, 3.63) is 167 Å². The molecular weight excluding hydrogens is 638 g/mol. The van der Waals surface area contributed by atoms with Gasteiger partial charge >= 0.3 is 5.97 Å². The fourth-order valence-electron chi connectivity index (χ4n) is 6.31. The fourth-order valence-corrected chi connectivity index (χ4v) is 7.52. The van der Waals surface area contributed by atoms with Crippen LogP contribution in [0.5, 0.6) is 0 Å². The number of nitrogens with zero attached hydrogens (tertiary/aromatic N) is 3. The number of ether oxygens (including phenoxy) is 1. The number of rotatable bonds is 8. The third-order valence-electron chi connectivity index (χ3n) is 8.64. The Morgan fingerprint density at radius 3 is 2.46 bits per heavy atom. The highest BCUT2D eigenvalue weighted by Crippen LogP contribution is 2.35. The molecule has 7 rings (SSSR count). The van der Waals surface area contributed by atoms with Gasteiger partial charge in [0.05, 0.1) is 28.5 Å². The Morgan fingerprint density at radius 2 is 1.73 bits per heavy atom. The summed E-state index contributed by atoms with van der Waals surface area (Å²) in [4.78, 5) is 33.8. The first kappa shape index (κ1) is 31.6. The molecule has 1 atom stereocenters. The molecule has 0 unspecified atom stereocenters. The number of hydrogen-bond acceptors (Lipinski definition) is 5. The van der Waals surface area contributed by atoms with Gasteiger partial charge < -0.3 is 9.30 Å². The molecule has 0 amide bonds. The smallest absolute Gasteiger partial charge is 0.338 e. The van der Waals surface area contributed by atoms with E-state index in [9.17, 15) is 9.59 Å². The first-order valence-corrected chi connectivity index (χ1v) is 17.2. The maximum absolute atomic E-state index is 14.5. The lowest BCUT2D eigenvalue weighted by molar-refractivity contribution is -0.138. The lowest BCUT2D eigenvalue weighted by Crippen LogP contribution is -2.40. The van der Waals surface area contributed by atoms with E-state index in [1.54, 1.807) is 11.5 Å². The van der Waals surface area contributed by atoms with Crippen molar-refractivity contribution >= 4 is 51.6 Å². The number of esters is 1. The third-order valence-corrected chi connectivity index (χ3v) is 9.86. The van der Waals surface area contributed by atoms with Crippen molar-refractivity contribution in [3.63, 3.8) is 0 Å². The molecule has 3 heterocycles. The average Bonchev–Trinajstić information content (AvgIpc) is 3.60. The molecule has 0 saturated carbocycles. The standard InChI is InChI=1S/C40H34ClN3O3S/c1-4-47-39(46)35-36(28-12-6-5-7-13-28)42-40-44(37(35)29-19-17-27(18-20-29)25(2)3)38(45)34(48-40)22-30-24-43(33-16-9-8-15-32(30)33)23-26-11-10-14-31(41)21-26/h5-22,24-25,37H,4,23H2,1-3H3/b34-22-/t37-/m1/s1. The Labute approximate surface area is 287 Å². The molecule has 0 saturated heterocycles. The molecule has 0 bridgehead atoms. The first-order chi connectivity index (χ1) is 23.3. The number of carbonyl (C=O) groups is 1. The highest BCUT2D eigenvalue weighted by atomic mass is 35.5. The van der Waals surface area contributed by atoms with Crippen molar-refractivity contribution in [2.24, 2.45) is 4.99 Å². The van der Waals surface area contributed by atoms with Crippen molar-refractivity contribution in [2.45, 2.75) is 39.3 Å². The van der Waals surface area contributed by atoms with Gasteiger partial charge in [0, 0.05) is 39.8 Å². The number of benzene rings is 4. The maximum Gasteiger partial charge on any atom is 0.338 e. The van der Waals surface area contributed by atoms with Gasteiger partial charge in [0.25, 0.3) is 5.56 Å². The van der Waals surface area contributed by atoms with Gasteiger partial charge in [0.2, 0.25) is 0 Å². The summed E-state index contributed by atoms with van der Waals surface area (Å²) in [6, 6.07) is 33.1. The molecule has 48 heavy (non-hydrogen) atoms. The Morgan fingerprint density at radius 1 is 0.979 bits per heavy atom. The molecule has 8 heteroatoms. The van der Waals surface area contributed by atoms with Gasteiger partial charge in [-0.05, 0) is 53.8 Å². The number of fused-ring (bicyclic) bond motifs is 2. The summed E-state index contributed by atoms with van der Waals surface area (Å²) in [5, 5.41) is 1.72. The number of para-hydroxylation sites is 1. The largest absolute Gasteiger partial charge is 0.463 e. The van der Waals surface area contributed by atoms with Crippen LogP contribution in [-0.4, -0.2) is 21.7 Å². The Hall–Kier alpha value is -4.98. The van der Waals surface area contributed by atoms with Gasteiger partial charge in [-0.15, -0.1) is 0 Å². The molecule has 0 spiro atoms. The Bertz CT molecular complexity index is 2370. The van der Waals surface area contributed by atoms with E-state index in [1.165, 1.54) is 16.9 Å². The highest BCUT2D eigenvalue weighted by Gasteiger charge is 2.35. The molecule has 1 aliphatic rings. The van der Waals surface area contributed by atoms with E-state index >= 15 is 0 Å². The SMILES string of the molecule is CCOC(=O)C1=C(c2ccccc2)N=c2s/c(=C\c3cn(Cc4cccc(Cl)c4)c4ccccc34)c(=O)n2[C@@H]1c1ccc(C(C)C)cc1. The second-order valence-corrected chi connectivity index (χ2v) is 13.6. The molecule has 6 nitrogen and oxygen atoms in total. The second kappa shape index (κ2) is 13.3. The molecular formula is C40H34ClN3O3S. The third kappa shape index (κ3) is 5.96. The number of thiazole rings is 1. The summed E-state index contributed by atoms with van der Waals surface area (Å²) in [6.45, 7) is 6.90. The monoisotopic (exact) mass is 671 g/mol. The van der Waals surface area contributed by atoms with E-state index < -0.39 is 12.0 Å². The van der Waals surface area contributed by atoms with Crippen LogP contribution in [0.25, 0.3) is 22.7 Å². The summed E-state index contributed by atoms with van der Waals surface area (Å²) in [7, 11) is 0. The van der Waals surface area contributed by atoms with Crippen molar-refractivity contribution < 1.29 is 9.53 Å². The molecule has 0 aliphatic carbocycles. The minimum Gasteiger partial charge on any atom is -0.463 e. The minimum absolute atomic E-state index is 0.201. The summed E-state index contributed by atoms with van der Waals surface area (Å²) < 4.78 is 9.99. The summed E-state index contributed by atoms with van der Waals surface area (Å²) in [5.74, 6) is -0.154. The quantitative estimate of drug-likeness (QED) is 0.156. The van der Waals surface area contributed by atoms with E-state index in [2.05, 4.69) is 54.9 Å². The van der Waals surface area contributed by atoms with Crippen LogP contribution in [0.4, 0.5) is 0 Å².